The fourth-order valence-electron chi connectivity index (χ4n) is 0.814. The van der Waals surface area contributed by atoms with Crippen LogP contribution in [0.15, 0.2) is 12.1 Å². The van der Waals surface area contributed by atoms with E-state index in [1.54, 1.807) is 22.6 Å². The van der Waals surface area contributed by atoms with E-state index in [4.69, 9.17) is 5.73 Å². The van der Waals surface area contributed by atoms with Crippen molar-refractivity contribution in [3.8, 4) is 0 Å². The molecule has 0 fully saturated rings. The molecule has 0 saturated heterocycles. The van der Waals surface area contributed by atoms with E-state index in [9.17, 15) is 9.18 Å². The van der Waals surface area contributed by atoms with Crippen LogP contribution in [0.5, 0.6) is 0 Å². The first-order valence-electron chi connectivity index (χ1n) is 3.28. The molecule has 1 rings (SSSR count). The number of hydrogen-bond acceptors (Lipinski definition) is 2. The Balaban J connectivity index is 3.31. The Labute approximate surface area is 83.1 Å². The molecule has 0 aliphatic carbocycles. The molecule has 4 heteroatoms. The molecule has 64 valence electrons. The fraction of sp³-hybridized carbons (Fsp3) is 0.125. The highest BCUT2D eigenvalue weighted by molar-refractivity contribution is 14.1. The fourth-order valence-corrected chi connectivity index (χ4v) is 1.13. The zero-order chi connectivity index (χ0) is 9.30. The van der Waals surface area contributed by atoms with Gasteiger partial charge in [-0.05, 0) is 41.6 Å². The average molecular weight is 279 g/mol. The zero-order valence-electron chi connectivity index (χ0n) is 6.40. The number of rotatable bonds is 1. The van der Waals surface area contributed by atoms with Crippen LogP contribution >= 0.6 is 22.6 Å². The van der Waals surface area contributed by atoms with Crippen LogP contribution in [0.4, 0.5) is 10.1 Å². The Morgan fingerprint density at radius 2 is 2.17 bits per heavy atom. The third-order valence-electron chi connectivity index (χ3n) is 1.46. The highest BCUT2D eigenvalue weighted by Gasteiger charge is 2.07. The van der Waals surface area contributed by atoms with E-state index < -0.39 is 5.82 Å². The Kier molecular flexibility index (Phi) is 2.66. The van der Waals surface area contributed by atoms with Crippen LogP contribution in [0.2, 0.25) is 0 Å². The SMILES string of the molecule is CC(=O)c1cc(N)c(I)c(F)c1. The van der Waals surface area contributed by atoms with E-state index >= 15 is 0 Å². The van der Waals surface area contributed by atoms with Gasteiger partial charge in [-0.1, -0.05) is 0 Å². The number of hydrogen-bond donors (Lipinski definition) is 1. The van der Waals surface area contributed by atoms with Gasteiger partial charge in [-0.2, -0.15) is 0 Å². The van der Waals surface area contributed by atoms with Gasteiger partial charge in [0.15, 0.2) is 5.78 Å². The van der Waals surface area contributed by atoms with E-state index in [0.717, 1.165) is 0 Å². The van der Waals surface area contributed by atoms with Crippen LogP contribution < -0.4 is 5.73 Å². The Morgan fingerprint density at radius 1 is 1.58 bits per heavy atom. The van der Waals surface area contributed by atoms with Crippen LogP contribution in [-0.2, 0) is 0 Å². The largest absolute Gasteiger partial charge is 0.398 e. The third-order valence-corrected chi connectivity index (χ3v) is 2.60. The maximum Gasteiger partial charge on any atom is 0.159 e. The maximum absolute atomic E-state index is 13.0. The van der Waals surface area contributed by atoms with E-state index in [2.05, 4.69) is 0 Å². The zero-order valence-corrected chi connectivity index (χ0v) is 8.55. The molecule has 0 bridgehead atoms. The minimum Gasteiger partial charge on any atom is -0.398 e. The standard InChI is InChI=1S/C8H7FINO/c1-4(12)5-2-6(9)8(10)7(11)3-5/h2-3H,11H2,1H3. The molecule has 0 amide bonds. The van der Waals surface area contributed by atoms with Crippen molar-refractivity contribution in [2.45, 2.75) is 6.92 Å². The summed E-state index contributed by atoms with van der Waals surface area (Å²) in [7, 11) is 0. The summed E-state index contributed by atoms with van der Waals surface area (Å²) in [5.74, 6) is -0.627. The first kappa shape index (κ1) is 9.44. The molecule has 0 aromatic heterocycles. The Bertz CT molecular complexity index is 315. The highest BCUT2D eigenvalue weighted by Crippen LogP contribution is 2.20. The van der Waals surface area contributed by atoms with Crippen molar-refractivity contribution in [3.05, 3.63) is 27.1 Å². The van der Waals surface area contributed by atoms with Gasteiger partial charge in [0.2, 0.25) is 0 Å². The number of halogens is 2. The van der Waals surface area contributed by atoms with Crippen LogP contribution in [0.1, 0.15) is 17.3 Å². The summed E-state index contributed by atoms with van der Waals surface area (Å²) >= 11 is 1.80. The second-order valence-corrected chi connectivity index (χ2v) is 3.50. The number of anilines is 1. The molecule has 0 aliphatic heterocycles. The number of Topliss-reactive ketones (excluding diaryl/α,β-unsaturated/α-hetero) is 1. The average Bonchev–Trinajstić information content (AvgIpc) is 1.99. The topological polar surface area (TPSA) is 43.1 Å². The molecule has 12 heavy (non-hydrogen) atoms. The van der Waals surface area contributed by atoms with Gasteiger partial charge in [0, 0.05) is 11.3 Å². The smallest absolute Gasteiger partial charge is 0.159 e. The summed E-state index contributed by atoms with van der Waals surface area (Å²) < 4.78 is 13.3. The molecule has 0 radical (unpaired) electrons. The molecule has 0 saturated carbocycles. The van der Waals surface area contributed by atoms with Gasteiger partial charge in [-0.25, -0.2) is 4.39 Å². The summed E-state index contributed by atoms with van der Waals surface area (Å²) in [6.45, 7) is 1.38. The lowest BCUT2D eigenvalue weighted by atomic mass is 10.1. The van der Waals surface area contributed by atoms with Crippen LogP contribution in [0.25, 0.3) is 0 Å². The molecule has 0 atom stereocenters. The lowest BCUT2D eigenvalue weighted by Gasteiger charge is -2.02. The van der Waals surface area contributed by atoms with Crippen molar-refractivity contribution in [1.29, 1.82) is 0 Å². The summed E-state index contributed by atoms with van der Waals surface area (Å²) in [5, 5.41) is 0. The summed E-state index contributed by atoms with van der Waals surface area (Å²) in [4.78, 5) is 10.8. The molecular weight excluding hydrogens is 272 g/mol. The van der Waals surface area contributed by atoms with E-state index in [1.807, 2.05) is 0 Å². The number of nitrogen functional groups attached to an aromatic ring is 1. The van der Waals surface area contributed by atoms with Crippen molar-refractivity contribution in [2.75, 3.05) is 5.73 Å². The first-order chi connectivity index (χ1) is 5.52. The van der Waals surface area contributed by atoms with Gasteiger partial charge in [-0.15, -0.1) is 0 Å². The number of nitrogens with two attached hydrogens (primary N) is 1. The molecule has 0 heterocycles. The lowest BCUT2D eigenvalue weighted by Crippen LogP contribution is -1.99. The Hall–Kier alpha value is -0.650. The number of carbonyl (C=O) groups excluding carboxylic acids is 1. The minimum atomic E-state index is -0.444. The molecular formula is C8H7FINO. The number of benzene rings is 1. The van der Waals surface area contributed by atoms with Crippen molar-refractivity contribution in [1.82, 2.24) is 0 Å². The second-order valence-electron chi connectivity index (χ2n) is 2.42. The number of carbonyl (C=O) groups is 1. The van der Waals surface area contributed by atoms with Gasteiger partial charge < -0.3 is 5.73 Å². The van der Waals surface area contributed by atoms with E-state index in [-0.39, 0.29) is 5.78 Å². The van der Waals surface area contributed by atoms with Crippen LogP contribution in [-0.4, -0.2) is 5.78 Å². The van der Waals surface area contributed by atoms with Gasteiger partial charge in [0.25, 0.3) is 0 Å². The molecule has 0 spiro atoms. The van der Waals surface area contributed by atoms with Gasteiger partial charge in [0.1, 0.15) is 5.82 Å². The van der Waals surface area contributed by atoms with Crippen LogP contribution in [0, 0.1) is 9.39 Å². The summed E-state index contributed by atoms with van der Waals surface area (Å²) in [6.07, 6.45) is 0. The van der Waals surface area contributed by atoms with E-state index in [0.29, 0.717) is 14.8 Å². The van der Waals surface area contributed by atoms with Crippen molar-refractivity contribution < 1.29 is 9.18 Å². The van der Waals surface area contributed by atoms with E-state index in [1.165, 1.54) is 19.1 Å². The van der Waals surface area contributed by atoms with Gasteiger partial charge in [0.05, 0.1) is 3.57 Å². The Morgan fingerprint density at radius 3 is 2.58 bits per heavy atom. The quantitative estimate of drug-likeness (QED) is 0.486. The first-order valence-corrected chi connectivity index (χ1v) is 4.35. The summed E-state index contributed by atoms with van der Waals surface area (Å²) in [6, 6.07) is 2.67. The predicted molar refractivity (Wildman–Crippen MR) is 53.5 cm³/mol. The minimum absolute atomic E-state index is 0.183. The molecule has 2 nitrogen and oxygen atoms in total. The van der Waals surface area contributed by atoms with Crippen LogP contribution in [0.3, 0.4) is 0 Å². The number of ketones is 1. The van der Waals surface area contributed by atoms with Crippen molar-refractivity contribution in [3.63, 3.8) is 0 Å². The molecule has 0 aliphatic rings. The van der Waals surface area contributed by atoms with Crippen molar-refractivity contribution in [2.24, 2.45) is 0 Å². The second kappa shape index (κ2) is 3.38. The molecule has 1 aromatic rings. The van der Waals surface area contributed by atoms with Gasteiger partial charge in [-0.3, -0.25) is 4.79 Å². The highest BCUT2D eigenvalue weighted by atomic mass is 127. The van der Waals surface area contributed by atoms with Crippen molar-refractivity contribution >= 4 is 34.1 Å². The third kappa shape index (κ3) is 1.74. The predicted octanol–water partition coefficient (Wildman–Crippen LogP) is 2.22. The molecule has 1 aromatic carbocycles. The normalized spacial score (nSPS) is 9.92. The monoisotopic (exact) mass is 279 g/mol. The maximum atomic E-state index is 13.0. The molecule has 0 unspecified atom stereocenters. The summed E-state index contributed by atoms with van der Waals surface area (Å²) in [5.41, 5.74) is 6.08. The van der Waals surface area contributed by atoms with Gasteiger partial charge >= 0.3 is 0 Å². The lowest BCUT2D eigenvalue weighted by molar-refractivity contribution is 0.101. The molecule has 2 N–H and O–H groups in total.